The van der Waals surface area contributed by atoms with Crippen molar-refractivity contribution in [3.8, 4) is 0 Å². The summed E-state index contributed by atoms with van der Waals surface area (Å²) >= 11 is 0.993. The zero-order chi connectivity index (χ0) is 21.3. The van der Waals surface area contributed by atoms with Gasteiger partial charge in [-0.1, -0.05) is 23.9 Å². The van der Waals surface area contributed by atoms with Gasteiger partial charge in [0.25, 0.3) is 0 Å². The molecule has 0 aliphatic carbocycles. The van der Waals surface area contributed by atoms with Gasteiger partial charge in [0.2, 0.25) is 4.87 Å². The maximum atomic E-state index is 13.0. The van der Waals surface area contributed by atoms with Crippen LogP contribution in [0.4, 0.5) is 5.69 Å². The third kappa shape index (κ3) is 2.87. The molecule has 0 bridgehead atoms. The largest absolute Gasteiger partial charge is 0.466 e. The van der Waals surface area contributed by atoms with Crippen LogP contribution in [0.3, 0.4) is 0 Å². The molecule has 1 unspecified atom stereocenters. The molecule has 1 aromatic rings. The van der Waals surface area contributed by atoms with Crippen molar-refractivity contribution in [3.63, 3.8) is 0 Å². The Bertz CT molecular complexity index is 982. The lowest BCUT2D eigenvalue weighted by atomic mass is 9.89. The van der Waals surface area contributed by atoms with E-state index in [1.54, 1.807) is 24.3 Å². The van der Waals surface area contributed by atoms with Crippen molar-refractivity contribution in [2.45, 2.75) is 9.77 Å². The zero-order valence-electron chi connectivity index (χ0n) is 16.0. The molecule has 1 atom stereocenters. The lowest BCUT2D eigenvalue weighted by Gasteiger charge is -2.39. The van der Waals surface area contributed by atoms with Crippen molar-refractivity contribution in [2.24, 2.45) is 0 Å². The fourth-order valence-electron chi connectivity index (χ4n) is 3.25. The summed E-state index contributed by atoms with van der Waals surface area (Å²) < 4.78 is 19.4. The van der Waals surface area contributed by atoms with Gasteiger partial charge in [0, 0.05) is 11.1 Å². The minimum Gasteiger partial charge on any atom is -0.466 e. The summed E-state index contributed by atoms with van der Waals surface area (Å²) in [7, 11) is 4.48. The van der Waals surface area contributed by atoms with E-state index in [0.29, 0.717) is 10.6 Å². The van der Waals surface area contributed by atoms with E-state index in [0.717, 1.165) is 40.2 Å². The lowest BCUT2D eigenvalue weighted by molar-refractivity contribution is -0.146. The third-order valence-electron chi connectivity index (χ3n) is 4.48. The predicted molar refractivity (Wildman–Crippen MR) is 101 cm³/mol. The number of anilines is 1. The second kappa shape index (κ2) is 7.63. The monoisotopic (exact) mass is 419 g/mol. The molecular formula is C19H17NO8S. The zero-order valence-corrected chi connectivity index (χ0v) is 16.8. The van der Waals surface area contributed by atoms with E-state index in [-0.39, 0.29) is 11.1 Å². The molecule has 0 aromatic heterocycles. The molecule has 152 valence electrons. The number of nitrogens with zero attached hydrogens (tertiary/aromatic N) is 1. The summed E-state index contributed by atoms with van der Waals surface area (Å²) in [5.41, 5.74) is -0.526. The fourth-order valence-corrected chi connectivity index (χ4v) is 4.69. The highest BCUT2D eigenvalue weighted by atomic mass is 32.2. The number of ether oxygens (including phenoxy) is 4. The minimum atomic E-state index is -1.83. The van der Waals surface area contributed by atoms with Crippen LogP contribution in [0, 0.1) is 0 Å². The van der Waals surface area contributed by atoms with Gasteiger partial charge in [0.15, 0.2) is 0 Å². The topological polar surface area (TPSA) is 108 Å². The number of thioether (sulfide) groups is 1. The number of esters is 4. The third-order valence-corrected chi connectivity index (χ3v) is 5.91. The van der Waals surface area contributed by atoms with Crippen molar-refractivity contribution in [1.82, 2.24) is 0 Å². The van der Waals surface area contributed by atoms with E-state index in [9.17, 15) is 19.2 Å². The first-order chi connectivity index (χ1) is 13.9. The molecule has 2 aliphatic heterocycles. The van der Waals surface area contributed by atoms with E-state index < -0.39 is 34.3 Å². The molecule has 0 radical (unpaired) electrons. The number of para-hydroxylation sites is 1. The summed E-state index contributed by atoms with van der Waals surface area (Å²) in [4.78, 5) is 51.2. The highest BCUT2D eigenvalue weighted by Gasteiger charge is 2.61. The molecule has 0 N–H and O–H groups in total. The molecule has 0 saturated carbocycles. The van der Waals surface area contributed by atoms with Crippen LogP contribution in [0.2, 0.25) is 0 Å². The SMILES string of the molecule is COC(=O)C1=CN2c3ccccc3SC2(C(=O)OC)C(C(=O)OC)=C1C(=O)OC. The molecule has 2 heterocycles. The highest BCUT2D eigenvalue weighted by Crippen LogP contribution is 2.57. The Morgan fingerprint density at radius 3 is 2.07 bits per heavy atom. The van der Waals surface area contributed by atoms with E-state index in [4.69, 9.17) is 18.9 Å². The standard InChI is InChI=1S/C19H17NO8S/c1-25-15(21)10-9-20-11-7-5-6-8-12(11)29-19(20,18(24)28-4)14(17(23)27-3)13(10)16(22)26-2/h5-9H,1-4H3. The molecule has 0 fully saturated rings. The van der Waals surface area contributed by atoms with Crippen molar-refractivity contribution >= 4 is 41.3 Å². The second-order valence-electron chi connectivity index (χ2n) is 5.84. The molecular weight excluding hydrogens is 402 g/mol. The fraction of sp³-hybridized carbons (Fsp3) is 0.263. The summed E-state index contributed by atoms with van der Waals surface area (Å²) in [6.07, 6.45) is 1.28. The van der Waals surface area contributed by atoms with Crippen LogP contribution in [0.5, 0.6) is 0 Å². The summed E-state index contributed by atoms with van der Waals surface area (Å²) in [5.74, 6) is -3.71. The van der Waals surface area contributed by atoms with Gasteiger partial charge >= 0.3 is 23.9 Å². The summed E-state index contributed by atoms with van der Waals surface area (Å²) in [6, 6.07) is 6.93. The molecule has 10 heteroatoms. The van der Waals surface area contributed by atoms with Crippen LogP contribution >= 0.6 is 11.8 Å². The molecule has 0 spiro atoms. The number of fused-ring (bicyclic) bond motifs is 3. The van der Waals surface area contributed by atoms with E-state index in [1.165, 1.54) is 11.1 Å². The molecule has 1 aromatic carbocycles. The average Bonchev–Trinajstić information content (AvgIpc) is 3.10. The Balaban J connectivity index is 2.45. The maximum Gasteiger partial charge on any atom is 0.348 e. The quantitative estimate of drug-likeness (QED) is 0.521. The smallest absolute Gasteiger partial charge is 0.348 e. The van der Waals surface area contributed by atoms with Gasteiger partial charge in [-0.15, -0.1) is 0 Å². The molecule has 9 nitrogen and oxygen atoms in total. The Morgan fingerprint density at radius 1 is 0.862 bits per heavy atom. The van der Waals surface area contributed by atoms with Crippen molar-refractivity contribution < 1.29 is 38.1 Å². The first-order valence-electron chi connectivity index (χ1n) is 8.25. The Morgan fingerprint density at radius 2 is 1.48 bits per heavy atom. The predicted octanol–water partition coefficient (Wildman–Crippen LogP) is 1.18. The number of carbonyl (C=O) groups is 4. The number of methoxy groups -OCH3 is 4. The Labute approximate surface area is 170 Å². The molecule has 29 heavy (non-hydrogen) atoms. The van der Waals surface area contributed by atoms with Crippen LogP contribution in [-0.4, -0.2) is 57.2 Å². The number of hydrogen-bond acceptors (Lipinski definition) is 10. The number of rotatable bonds is 4. The summed E-state index contributed by atoms with van der Waals surface area (Å²) in [6.45, 7) is 0. The van der Waals surface area contributed by atoms with E-state index in [1.807, 2.05) is 0 Å². The van der Waals surface area contributed by atoms with Gasteiger partial charge in [-0.2, -0.15) is 0 Å². The van der Waals surface area contributed by atoms with E-state index in [2.05, 4.69) is 0 Å². The van der Waals surface area contributed by atoms with Crippen LogP contribution in [0.1, 0.15) is 0 Å². The van der Waals surface area contributed by atoms with Crippen LogP contribution in [0.25, 0.3) is 0 Å². The normalized spacial score (nSPS) is 19.6. The molecule has 2 aliphatic rings. The van der Waals surface area contributed by atoms with Crippen molar-refractivity contribution in [2.75, 3.05) is 33.3 Å². The maximum absolute atomic E-state index is 13.0. The van der Waals surface area contributed by atoms with Crippen molar-refractivity contribution in [1.29, 1.82) is 0 Å². The van der Waals surface area contributed by atoms with Gasteiger partial charge in [-0.25, -0.2) is 19.2 Å². The summed E-state index contributed by atoms with van der Waals surface area (Å²) in [5, 5.41) is 0. The molecule has 0 amide bonds. The van der Waals surface area contributed by atoms with Gasteiger partial charge < -0.3 is 23.8 Å². The van der Waals surface area contributed by atoms with Gasteiger partial charge in [0.05, 0.1) is 45.3 Å². The van der Waals surface area contributed by atoms with E-state index >= 15 is 0 Å². The second-order valence-corrected chi connectivity index (χ2v) is 7.08. The molecule has 3 rings (SSSR count). The average molecular weight is 419 g/mol. The first kappa shape index (κ1) is 20.5. The highest BCUT2D eigenvalue weighted by molar-refractivity contribution is 8.02. The minimum absolute atomic E-state index is 0.253. The Hall–Kier alpha value is -3.27. The lowest BCUT2D eigenvalue weighted by Crippen LogP contribution is -2.55. The van der Waals surface area contributed by atoms with Crippen LogP contribution in [-0.2, 0) is 38.1 Å². The van der Waals surface area contributed by atoms with Gasteiger partial charge in [-0.05, 0) is 12.1 Å². The molecule has 0 saturated heterocycles. The number of hydrogen-bond donors (Lipinski definition) is 0. The van der Waals surface area contributed by atoms with Crippen LogP contribution < -0.4 is 4.90 Å². The van der Waals surface area contributed by atoms with Crippen LogP contribution in [0.15, 0.2) is 52.1 Å². The first-order valence-corrected chi connectivity index (χ1v) is 9.06. The van der Waals surface area contributed by atoms with Gasteiger partial charge in [-0.3, -0.25) is 0 Å². The number of benzene rings is 1. The Kier molecular flexibility index (Phi) is 5.38. The van der Waals surface area contributed by atoms with Crippen molar-refractivity contribution in [3.05, 3.63) is 47.2 Å². The number of carbonyl (C=O) groups excluding carboxylic acids is 4. The van der Waals surface area contributed by atoms with Gasteiger partial charge in [0.1, 0.15) is 5.57 Å².